The molecule has 2 N–H and O–H groups in total. The Morgan fingerprint density at radius 3 is 2.58 bits per heavy atom. The minimum atomic E-state index is 0.843. The summed E-state index contributed by atoms with van der Waals surface area (Å²) >= 11 is 0. The summed E-state index contributed by atoms with van der Waals surface area (Å²) in [6.07, 6.45) is 11.7. The number of nitrogens with two attached hydrogens (primary N) is 1. The van der Waals surface area contributed by atoms with Gasteiger partial charge in [0.25, 0.3) is 0 Å². The van der Waals surface area contributed by atoms with E-state index in [-0.39, 0.29) is 0 Å². The Morgan fingerprint density at radius 1 is 1.33 bits per heavy atom. The van der Waals surface area contributed by atoms with Crippen molar-refractivity contribution in [3.8, 4) is 0 Å². The van der Waals surface area contributed by atoms with Gasteiger partial charge in [-0.05, 0) is 18.4 Å². The van der Waals surface area contributed by atoms with E-state index < -0.39 is 0 Å². The molecule has 0 unspecified atom stereocenters. The van der Waals surface area contributed by atoms with Crippen molar-refractivity contribution >= 4 is 0 Å². The first kappa shape index (κ1) is 9.37. The van der Waals surface area contributed by atoms with Crippen LogP contribution in [0.4, 0.5) is 0 Å². The third-order valence-corrected chi connectivity index (χ3v) is 2.58. The highest BCUT2D eigenvalue weighted by molar-refractivity contribution is 5.07. The normalized spacial score (nSPS) is 20.8. The summed E-state index contributed by atoms with van der Waals surface area (Å²) < 4.78 is 0. The highest BCUT2D eigenvalue weighted by Gasteiger charge is 2.13. The lowest BCUT2D eigenvalue weighted by atomic mass is 9.86. The van der Waals surface area contributed by atoms with E-state index in [2.05, 4.69) is 6.58 Å². The molecule has 0 saturated heterocycles. The van der Waals surface area contributed by atoms with Gasteiger partial charge in [0, 0.05) is 5.70 Å². The van der Waals surface area contributed by atoms with E-state index in [9.17, 15) is 0 Å². The number of hydrogen-bond acceptors (Lipinski definition) is 1. The van der Waals surface area contributed by atoms with Crippen molar-refractivity contribution in [2.75, 3.05) is 0 Å². The van der Waals surface area contributed by atoms with Gasteiger partial charge in [-0.3, -0.25) is 0 Å². The molecule has 0 aromatic heterocycles. The fourth-order valence-corrected chi connectivity index (χ4v) is 1.94. The van der Waals surface area contributed by atoms with Crippen LogP contribution in [0.2, 0.25) is 0 Å². The molecule has 1 rings (SSSR count). The fourth-order valence-electron chi connectivity index (χ4n) is 1.94. The maximum atomic E-state index is 5.80. The molecule has 0 aliphatic heterocycles. The molecule has 0 atom stereocenters. The Balaban J connectivity index is 2.28. The largest absolute Gasteiger partial charge is 0.402 e. The molecule has 0 spiro atoms. The molecule has 12 heavy (non-hydrogen) atoms. The molecule has 1 aliphatic rings. The average molecular weight is 165 g/mol. The van der Waals surface area contributed by atoms with Crippen LogP contribution >= 0.6 is 0 Å². The lowest BCUT2D eigenvalue weighted by Crippen LogP contribution is -2.10. The fraction of sp³-hybridized carbons (Fsp3) is 0.636. The van der Waals surface area contributed by atoms with Crippen LogP contribution in [-0.2, 0) is 0 Å². The standard InChI is InChI=1S/C11H19N/c1-2-6-11(12)9-10-7-4-3-5-8-10/h2,6,10H,1,3-5,7-9,12H2/b11-6+. The van der Waals surface area contributed by atoms with Crippen LogP contribution in [0, 0.1) is 5.92 Å². The molecule has 0 radical (unpaired) electrons. The summed E-state index contributed by atoms with van der Waals surface area (Å²) in [6.45, 7) is 3.64. The summed E-state index contributed by atoms with van der Waals surface area (Å²) in [7, 11) is 0. The number of allylic oxidation sites excluding steroid dienone is 3. The quantitative estimate of drug-likeness (QED) is 0.639. The Morgan fingerprint density at radius 2 is 2.00 bits per heavy atom. The van der Waals surface area contributed by atoms with E-state index >= 15 is 0 Å². The third kappa shape index (κ3) is 3.12. The second-order valence-electron chi connectivity index (χ2n) is 3.69. The second kappa shape index (κ2) is 5.02. The first-order valence-corrected chi connectivity index (χ1v) is 4.90. The van der Waals surface area contributed by atoms with Crippen LogP contribution in [-0.4, -0.2) is 0 Å². The molecule has 1 aliphatic carbocycles. The topological polar surface area (TPSA) is 26.0 Å². The zero-order valence-electron chi connectivity index (χ0n) is 7.76. The Labute approximate surface area is 75.3 Å². The van der Waals surface area contributed by atoms with E-state index in [4.69, 9.17) is 5.73 Å². The molecule has 1 heteroatoms. The van der Waals surface area contributed by atoms with Crippen molar-refractivity contribution in [1.82, 2.24) is 0 Å². The SMILES string of the molecule is C=C/C=C(/N)CC1CCCCC1. The summed E-state index contributed by atoms with van der Waals surface area (Å²) in [4.78, 5) is 0. The van der Waals surface area contributed by atoms with Crippen molar-refractivity contribution < 1.29 is 0 Å². The predicted molar refractivity (Wildman–Crippen MR) is 53.7 cm³/mol. The molecule has 1 fully saturated rings. The molecule has 0 bridgehead atoms. The summed E-state index contributed by atoms with van der Waals surface area (Å²) in [5, 5.41) is 0. The molecule has 1 nitrogen and oxygen atoms in total. The van der Waals surface area contributed by atoms with Crippen molar-refractivity contribution in [2.24, 2.45) is 11.7 Å². The summed E-state index contributed by atoms with van der Waals surface area (Å²) in [6, 6.07) is 0. The van der Waals surface area contributed by atoms with E-state index in [1.165, 1.54) is 32.1 Å². The van der Waals surface area contributed by atoms with E-state index in [0.29, 0.717) is 0 Å². The predicted octanol–water partition coefficient (Wildman–Crippen LogP) is 2.99. The minimum absolute atomic E-state index is 0.843. The van der Waals surface area contributed by atoms with Gasteiger partial charge in [-0.2, -0.15) is 0 Å². The van der Waals surface area contributed by atoms with Crippen LogP contribution < -0.4 is 5.73 Å². The first-order chi connectivity index (χ1) is 5.83. The van der Waals surface area contributed by atoms with Crippen LogP contribution in [0.1, 0.15) is 38.5 Å². The van der Waals surface area contributed by atoms with Crippen LogP contribution in [0.15, 0.2) is 24.4 Å². The van der Waals surface area contributed by atoms with Gasteiger partial charge in [0.1, 0.15) is 0 Å². The highest BCUT2D eigenvalue weighted by Crippen LogP contribution is 2.27. The van der Waals surface area contributed by atoms with E-state index in [1.807, 2.05) is 6.08 Å². The highest BCUT2D eigenvalue weighted by atomic mass is 14.6. The van der Waals surface area contributed by atoms with Gasteiger partial charge in [-0.1, -0.05) is 44.8 Å². The van der Waals surface area contributed by atoms with Gasteiger partial charge in [0.05, 0.1) is 0 Å². The zero-order chi connectivity index (χ0) is 8.81. The number of hydrogen-bond donors (Lipinski definition) is 1. The average Bonchev–Trinajstić information content (AvgIpc) is 2.06. The van der Waals surface area contributed by atoms with Crippen molar-refractivity contribution in [3.05, 3.63) is 24.4 Å². The molecular weight excluding hydrogens is 146 g/mol. The van der Waals surface area contributed by atoms with Gasteiger partial charge < -0.3 is 5.73 Å². The van der Waals surface area contributed by atoms with Crippen molar-refractivity contribution in [1.29, 1.82) is 0 Å². The monoisotopic (exact) mass is 165 g/mol. The van der Waals surface area contributed by atoms with Gasteiger partial charge in [0.2, 0.25) is 0 Å². The van der Waals surface area contributed by atoms with Crippen LogP contribution in [0.25, 0.3) is 0 Å². The number of rotatable bonds is 3. The van der Waals surface area contributed by atoms with Gasteiger partial charge in [0.15, 0.2) is 0 Å². The van der Waals surface area contributed by atoms with Gasteiger partial charge in [-0.25, -0.2) is 0 Å². The molecular formula is C11H19N. The van der Waals surface area contributed by atoms with Crippen molar-refractivity contribution in [2.45, 2.75) is 38.5 Å². The second-order valence-corrected chi connectivity index (χ2v) is 3.69. The Bertz CT molecular complexity index is 164. The lowest BCUT2D eigenvalue weighted by Gasteiger charge is -2.21. The van der Waals surface area contributed by atoms with Crippen molar-refractivity contribution in [3.63, 3.8) is 0 Å². The first-order valence-electron chi connectivity index (χ1n) is 4.90. The smallest absolute Gasteiger partial charge is 0.00830 e. The molecule has 0 aromatic carbocycles. The Kier molecular flexibility index (Phi) is 3.92. The molecule has 68 valence electrons. The zero-order valence-corrected chi connectivity index (χ0v) is 7.76. The summed E-state index contributed by atoms with van der Waals surface area (Å²) in [5.74, 6) is 0.843. The Hall–Kier alpha value is -0.720. The van der Waals surface area contributed by atoms with Crippen LogP contribution in [0.5, 0.6) is 0 Å². The van der Waals surface area contributed by atoms with E-state index in [1.54, 1.807) is 6.08 Å². The molecule has 0 heterocycles. The molecule has 0 amide bonds. The maximum absolute atomic E-state index is 5.80. The van der Waals surface area contributed by atoms with Gasteiger partial charge in [-0.15, -0.1) is 0 Å². The van der Waals surface area contributed by atoms with E-state index in [0.717, 1.165) is 18.0 Å². The van der Waals surface area contributed by atoms with Crippen LogP contribution in [0.3, 0.4) is 0 Å². The minimum Gasteiger partial charge on any atom is -0.402 e. The third-order valence-electron chi connectivity index (χ3n) is 2.58. The van der Waals surface area contributed by atoms with Gasteiger partial charge >= 0.3 is 0 Å². The molecule has 0 aromatic rings. The maximum Gasteiger partial charge on any atom is 0.00830 e. The lowest BCUT2D eigenvalue weighted by molar-refractivity contribution is 0.355. The summed E-state index contributed by atoms with van der Waals surface area (Å²) in [5.41, 5.74) is 6.80. The molecule has 1 saturated carbocycles.